The van der Waals surface area contributed by atoms with Crippen LogP contribution in [-0.4, -0.2) is 23.3 Å². The van der Waals surface area contributed by atoms with E-state index in [0.717, 1.165) is 4.88 Å². The van der Waals surface area contributed by atoms with E-state index in [2.05, 4.69) is 4.98 Å². The van der Waals surface area contributed by atoms with Gasteiger partial charge in [0.05, 0.1) is 11.0 Å². The van der Waals surface area contributed by atoms with Gasteiger partial charge in [-0.3, -0.25) is 0 Å². The summed E-state index contributed by atoms with van der Waals surface area (Å²) in [6, 6.07) is 0. The van der Waals surface area contributed by atoms with Crippen LogP contribution in [0.25, 0.3) is 0 Å². The SMILES string of the molecule is COC1CC(O)(c2cnc(N)s2)C1. The topological polar surface area (TPSA) is 68.4 Å². The number of nitrogen functional groups attached to an aromatic ring is 1. The first-order chi connectivity index (χ1) is 6.14. The summed E-state index contributed by atoms with van der Waals surface area (Å²) in [5.74, 6) is 0. The minimum Gasteiger partial charge on any atom is -0.384 e. The quantitative estimate of drug-likeness (QED) is 0.738. The van der Waals surface area contributed by atoms with Crippen LogP contribution in [0.3, 0.4) is 0 Å². The first-order valence-electron chi connectivity index (χ1n) is 4.11. The zero-order valence-electron chi connectivity index (χ0n) is 7.36. The maximum Gasteiger partial charge on any atom is 0.180 e. The molecule has 0 aromatic carbocycles. The first kappa shape index (κ1) is 8.93. The number of thiazole rings is 1. The molecule has 0 unspecified atom stereocenters. The molecule has 13 heavy (non-hydrogen) atoms. The minimum atomic E-state index is -0.740. The Labute approximate surface area is 80.4 Å². The molecule has 1 saturated carbocycles. The molecule has 0 bridgehead atoms. The van der Waals surface area contributed by atoms with Crippen molar-refractivity contribution in [3.05, 3.63) is 11.1 Å². The predicted octanol–water partition coefficient (Wildman–Crippen LogP) is 0.722. The van der Waals surface area contributed by atoms with Gasteiger partial charge in [-0.2, -0.15) is 0 Å². The number of rotatable bonds is 2. The van der Waals surface area contributed by atoms with Crippen LogP contribution in [0, 0.1) is 0 Å². The van der Waals surface area contributed by atoms with Gasteiger partial charge in [-0.1, -0.05) is 11.3 Å². The Morgan fingerprint density at radius 1 is 1.77 bits per heavy atom. The summed E-state index contributed by atoms with van der Waals surface area (Å²) in [6.07, 6.45) is 3.11. The highest BCUT2D eigenvalue weighted by atomic mass is 32.1. The Morgan fingerprint density at radius 3 is 2.92 bits per heavy atom. The van der Waals surface area contributed by atoms with Crippen molar-refractivity contribution in [2.24, 2.45) is 0 Å². The Bertz CT molecular complexity index is 307. The largest absolute Gasteiger partial charge is 0.384 e. The van der Waals surface area contributed by atoms with Crippen LogP contribution in [0.4, 0.5) is 5.13 Å². The second kappa shape index (κ2) is 2.94. The van der Waals surface area contributed by atoms with E-state index in [9.17, 15) is 5.11 Å². The van der Waals surface area contributed by atoms with E-state index < -0.39 is 5.60 Å². The molecule has 1 aromatic rings. The van der Waals surface area contributed by atoms with Crippen LogP contribution in [0.5, 0.6) is 0 Å². The number of ether oxygens (including phenoxy) is 1. The number of methoxy groups -OCH3 is 1. The first-order valence-corrected chi connectivity index (χ1v) is 4.93. The highest BCUT2D eigenvalue weighted by Gasteiger charge is 2.45. The molecule has 72 valence electrons. The highest BCUT2D eigenvalue weighted by Crippen LogP contribution is 2.44. The maximum absolute atomic E-state index is 10.0. The average molecular weight is 200 g/mol. The molecule has 0 saturated heterocycles. The fraction of sp³-hybridized carbons (Fsp3) is 0.625. The van der Waals surface area contributed by atoms with Crippen LogP contribution in [0.15, 0.2) is 6.20 Å². The van der Waals surface area contributed by atoms with Gasteiger partial charge in [0.15, 0.2) is 5.13 Å². The summed E-state index contributed by atoms with van der Waals surface area (Å²) in [7, 11) is 1.66. The smallest absolute Gasteiger partial charge is 0.180 e. The monoisotopic (exact) mass is 200 g/mol. The third-order valence-corrected chi connectivity index (χ3v) is 3.47. The van der Waals surface area contributed by atoms with Crippen molar-refractivity contribution in [2.45, 2.75) is 24.5 Å². The number of hydrogen-bond acceptors (Lipinski definition) is 5. The Balaban J connectivity index is 2.10. The molecular weight excluding hydrogens is 188 g/mol. The molecule has 0 spiro atoms. The average Bonchev–Trinajstić information content (AvgIpc) is 2.46. The molecule has 0 amide bonds. The molecule has 2 rings (SSSR count). The maximum atomic E-state index is 10.0. The number of aromatic nitrogens is 1. The van der Waals surface area contributed by atoms with Crippen molar-refractivity contribution in [2.75, 3.05) is 12.8 Å². The fourth-order valence-corrected chi connectivity index (χ4v) is 2.36. The standard InChI is InChI=1S/C8H12N2O2S/c1-12-5-2-8(11,3-5)6-4-10-7(9)13-6/h4-5,11H,2-3H2,1H3,(H2,9,10). The molecule has 1 aliphatic rings. The molecule has 0 radical (unpaired) electrons. The van der Waals surface area contributed by atoms with Crippen LogP contribution in [0.1, 0.15) is 17.7 Å². The zero-order chi connectivity index (χ0) is 9.47. The van der Waals surface area contributed by atoms with Gasteiger partial charge < -0.3 is 15.6 Å². The highest BCUT2D eigenvalue weighted by molar-refractivity contribution is 7.15. The van der Waals surface area contributed by atoms with Gasteiger partial charge in [0.2, 0.25) is 0 Å². The molecule has 0 aliphatic heterocycles. The third-order valence-electron chi connectivity index (χ3n) is 2.45. The van der Waals surface area contributed by atoms with Gasteiger partial charge in [-0.05, 0) is 0 Å². The molecule has 1 fully saturated rings. The van der Waals surface area contributed by atoms with Crippen molar-refractivity contribution in [3.63, 3.8) is 0 Å². The Hall–Kier alpha value is -0.650. The minimum absolute atomic E-state index is 0.174. The van der Waals surface area contributed by atoms with Crippen molar-refractivity contribution in [3.8, 4) is 0 Å². The molecular formula is C8H12N2O2S. The molecule has 1 aliphatic carbocycles. The number of aliphatic hydroxyl groups is 1. The lowest BCUT2D eigenvalue weighted by Gasteiger charge is -2.41. The van der Waals surface area contributed by atoms with E-state index in [4.69, 9.17) is 10.5 Å². The van der Waals surface area contributed by atoms with Gasteiger partial charge >= 0.3 is 0 Å². The predicted molar refractivity (Wildman–Crippen MR) is 50.5 cm³/mol. The number of nitrogens with zero attached hydrogens (tertiary/aromatic N) is 1. The van der Waals surface area contributed by atoms with Gasteiger partial charge in [0.25, 0.3) is 0 Å². The second-order valence-corrected chi connectivity index (χ2v) is 4.42. The van der Waals surface area contributed by atoms with Crippen molar-refractivity contribution in [1.29, 1.82) is 0 Å². The van der Waals surface area contributed by atoms with Crippen molar-refractivity contribution < 1.29 is 9.84 Å². The number of anilines is 1. The molecule has 1 aromatic heterocycles. The fourth-order valence-electron chi connectivity index (χ4n) is 1.56. The molecule has 0 atom stereocenters. The van der Waals surface area contributed by atoms with Gasteiger partial charge in [0, 0.05) is 26.1 Å². The van der Waals surface area contributed by atoms with Gasteiger partial charge in [0.1, 0.15) is 5.60 Å². The van der Waals surface area contributed by atoms with Crippen LogP contribution >= 0.6 is 11.3 Å². The lowest BCUT2D eigenvalue weighted by Crippen LogP contribution is -2.44. The summed E-state index contributed by atoms with van der Waals surface area (Å²) in [5.41, 5.74) is 4.75. The van der Waals surface area contributed by atoms with E-state index in [0.29, 0.717) is 18.0 Å². The van der Waals surface area contributed by atoms with Crippen LogP contribution in [-0.2, 0) is 10.3 Å². The molecule has 3 N–H and O–H groups in total. The summed E-state index contributed by atoms with van der Waals surface area (Å²) >= 11 is 1.34. The van der Waals surface area contributed by atoms with E-state index in [-0.39, 0.29) is 6.10 Å². The van der Waals surface area contributed by atoms with E-state index in [1.165, 1.54) is 11.3 Å². The van der Waals surface area contributed by atoms with E-state index >= 15 is 0 Å². The number of hydrogen-bond donors (Lipinski definition) is 2. The van der Waals surface area contributed by atoms with Crippen molar-refractivity contribution >= 4 is 16.5 Å². The number of nitrogens with two attached hydrogens (primary N) is 1. The normalized spacial score (nSPS) is 32.9. The lowest BCUT2D eigenvalue weighted by molar-refractivity contribution is -0.131. The Morgan fingerprint density at radius 2 is 2.46 bits per heavy atom. The zero-order valence-corrected chi connectivity index (χ0v) is 8.17. The van der Waals surface area contributed by atoms with Crippen LogP contribution in [0.2, 0.25) is 0 Å². The lowest BCUT2D eigenvalue weighted by atomic mass is 9.77. The summed E-state index contributed by atoms with van der Waals surface area (Å²) in [4.78, 5) is 4.76. The van der Waals surface area contributed by atoms with Crippen molar-refractivity contribution in [1.82, 2.24) is 4.98 Å². The molecule has 5 heteroatoms. The second-order valence-electron chi connectivity index (χ2n) is 3.36. The summed E-state index contributed by atoms with van der Waals surface area (Å²) in [6.45, 7) is 0. The van der Waals surface area contributed by atoms with E-state index in [1.54, 1.807) is 13.3 Å². The Kier molecular flexibility index (Phi) is 2.02. The molecule has 4 nitrogen and oxygen atoms in total. The summed E-state index contributed by atoms with van der Waals surface area (Å²) < 4.78 is 5.10. The third kappa shape index (κ3) is 1.43. The molecule has 1 heterocycles. The van der Waals surface area contributed by atoms with Gasteiger partial charge in [-0.15, -0.1) is 0 Å². The summed E-state index contributed by atoms with van der Waals surface area (Å²) in [5, 5.41) is 10.5. The van der Waals surface area contributed by atoms with Gasteiger partial charge in [-0.25, -0.2) is 4.98 Å². The van der Waals surface area contributed by atoms with Crippen LogP contribution < -0.4 is 5.73 Å². The van der Waals surface area contributed by atoms with E-state index in [1.807, 2.05) is 0 Å².